The molecule has 9 heteroatoms. The first-order valence-corrected chi connectivity index (χ1v) is 12.1. The Morgan fingerprint density at radius 3 is 2.27 bits per heavy atom. The van der Waals surface area contributed by atoms with Gasteiger partial charge in [-0.15, -0.1) is 0 Å². The van der Waals surface area contributed by atoms with Crippen molar-refractivity contribution in [2.75, 3.05) is 0 Å². The number of ether oxygens (including phenoxy) is 1. The van der Waals surface area contributed by atoms with Crippen LogP contribution in [-0.4, -0.2) is 28.7 Å². The molecule has 0 fully saturated rings. The van der Waals surface area contributed by atoms with Gasteiger partial charge in [-0.05, 0) is 70.7 Å². The maximum atomic E-state index is 12.4. The first-order valence-electron chi connectivity index (χ1n) is 11.7. The van der Waals surface area contributed by atoms with Crippen LogP contribution in [0.5, 0.6) is 5.88 Å². The molecule has 1 unspecified atom stereocenters. The van der Waals surface area contributed by atoms with E-state index in [1.807, 2.05) is 18.3 Å². The Morgan fingerprint density at radius 2 is 1.78 bits per heavy atom. The van der Waals surface area contributed by atoms with Gasteiger partial charge in [-0.25, -0.2) is 4.98 Å². The SMILES string of the molecule is C=CC=N/C=C(\C)C(C)Cc1ccc(Cl)cc1.CC(C)NC(=O)C(C)(C)Oc1ccc(C(F)(F)F)cn1. The number of nitrogens with one attached hydrogen (secondary N) is 1. The molecule has 0 aliphatic carbocycles. The van der Waals surface area contributed by atoms with Gasteiger partial charge in [0.1, 0.15) is 0 Å². The monoisotopic (exact) mass is 537 g/mol. The fourth-order valence-corrected chi connectivity index (χ4v) is 2.96. The quantitative estimate of drug-likeness (QED) is 0.338. The predicted octanol–water partition coefficient (Wildman–Crippen LogP) is 7.46. The summed E-state index contributed by atoms with van der Waals surface area (Å²) in [5.41, 5.74) is 0.464. The molecule has 37 heavy (non-hydrogen) atoms. The lowest BCUT2D eigenvalue weighted by molar-refractivity contribution is -0.138. The summed E-state index contributed by atoms with van der Waals surface area (Å²) in [5, 5.41) is 3.45. The van der Waals surface area contributed by atoms with Crippen molar-refractivity contribution in [3.63, 3.8) is 0 Å². The van der Waals surface area contributed by atoms with E-state index in [0.29, 0.717) is 12.1 Å². The van der Waals surface area contributed by atoms with Gasteiger partial charge in [-0.3, -0.25) is 9.79 Å². The summed E-state index contributed by atoms with van der Waals surface area (Å²) in [6, 6.07) is 9.88. The number of rotatable bonds is 9. The van der Waals surface area contributed by atoms with E-state index in [1.54, 1.807) is 26.1 Å². The molecule has 202 valence electrons. The topological polar surface area (TPSA) is 63.6 Å². The summed E-state index contributed by atoms with van der Waals surface area (Å²) >= 11 is 5.86. The zero-order valence-electron chi connectivity index (χ0n) is 22.1. The van der Waals surface area contributed by atoms with Crippen molar-refractivity contribution in [2.24, 2.45) is 10.9 Å². The zero-order valence-corrected chi connectivity index (χ0v) is 22.8. The average molecular weight is 538 g/mol. The van der Waals surface area contributed by atoms with E-state index >= 15 is 0 Å². The highest BCUT2D eigenvalue weighted by Crippen LogP contribution is 2.29. The highest BCUT2D eigenvalue weighted by Gasteiger charge is 2.33. The van der Waals surface area contributed by atoms with Crippen molar-refractivity contribution >= 4 is 23.7 Å². The fraction of sp³-hybridized carbons (Fsp3) is 0.393. The van der Waals surface area contributed by atoms with Crippen LogP contribution in [0.3, 0.4) is 0 Å². The van der Waals surface area contributed by atoms with E-state index in [9.17, 15) is 18.0 Å². The number of allylic oxidation sites excluding steroid dienone is 2. The summed E-state index contributed by atoms with van der Waals surface area (Å²) in [5.74, 6) is 0.0641. The van der Waals surface area contributed by atoms with Crippen molar-refractivity contribution in [3.8, 4) is 5.88 Å². The number of nitrogens with zero attached hydrogens (tertiary/aromatic N) is 2. The van der Waals surface area contributed by atoms with Crippen molar-refractivity contribution in [1.29, 1.82) is 0 Å². The molecule has 1 aromatic carbocycles. The molecular formula is C28H35ClF3N3O2. The smallest absolute Gasteiger partial charge is 0.417 e. The molecule has 0 saturated heterocycles. The van der Waals surface area contributed by atoms with Gasteiger partial charge in [0.05, 0.1) is 5.56 Å². The van der Waals surface area contributed by atoms with Gasteiger partial charge in [-0.2, -0.15) is 13.2 Å². The molecule has 0 bridgehead atoms. The van der Waals surface area contributed by atoms with Crippen LogP contribution in [0.2, 0.25) is 5.02 Å². The van der Waals surface area contributed by atoms with Crippen molar-refractivity contribution in [2.45, 2.75) is 65.8 Å². The highest BCUT2D eigenvalue weighted by molar-refractivity contribution is 6.30. The maximum absolute atomic E-state index is 12.4. The van der Waals surface area contributed by atoms with E-state index in [4.69, 9.17) is 16.3 Å². The standard InChI is InChI=1S/C15H18ClN.C13H17F3N2O2/c1-4-9-17-11-13(3)12(2)10-14-5-7-15(16)8-6-14;1-8(2)18-11(19)12(3,4)20-10-6-5-9(7-17-10)13(14,15)16/h4-9,11-12H,1,10H2,2-3H3;5-8H,1-4H3,(H,18,19)/b13-11+,17-9?;. The Balaban J connectivity index is 0.000000375. The predicted molar refractivity (Wildman–Crippen MR) is 144 cm³/mol. The van der Waals surface area contributed by atoms with Crippen LogP contribution in [0.4, 0.5) is 13.2 Å². The summed E-state index contributed by atoms with van der Waals surface area (Å²) in [7, 11) is 0. The Hall–Kier alpha value is -3.13. The zero-order chi connectivity index (χ0) is 28.2. The van der Waals surface area contributed by atoms with E-state index < -0.39 is 17.3 Å². The number of alkyl halides is 3. The van der Waals surface area contributed by atoms with Crippen LogP contribution in [0.1, 0.15) is 52.7 Å². The lowest BCUT2D eigenvalue weighted by atomic mass is 9.95. The molecule has 1 heterocycles. The number of carbonyl (C=O) groups is 1. The molecule has 0 spiro atoms. The number of amides is 1. The summed E-state index contributed by atoms with van der Waals surface area (Å²) in [6.07, 6.45) is 2.49. The van der Waals surface area contributed by atoms with Crippen molar-refractivity contribution in [3.05, 3.63) is 83.2 Å². The van der Waals surface area contributed by atoms with Crippen LogP contribution >= 0.6 is 11.6 Å². The second kappa shape index (κ2) is 14.6. The molecule has 0 saturated carbocycles. The Kier molecular flexibility index (Phi) is 12.6. The molecule has 5 nitrogen and oxygen atoms in total. The number of carbonyl (C=O) groups excluding carboxylic acids is 1. The Bertz CT molecular complexity index is 1060. The minimum absolute atomic E-state index is 0.0399. The second-order valence-corrected chi connectivity index (χ2v) is 9.70. The van der Waals surface area contributed by atoms with Gasteiger partial charge in [0.15, 0.2) is 5.60 Å². The van der Waals surface area contributed by atoms with E-state index in [1.165, 1.54) is 25.0 Å². The summed E-state index contributed by atoms with van der Waals surface area (Å²) < 4.78 is 42.5. The highest BCUT2D eigenvalue weighted by atomic mass is 35.5. The number of aromatic nitrogens is 1. The van der Waals surface area contributed by atoms with Crippen LogP contribution in [0.25, 0.3) is 0 Å². The minimum Gasteiger partial charge on any atom is -0.462 e. The van der Waals surface area contributed by atoms with Gasteiger partial charge in [0.2, 0.25) is 5.88 Å². The number of hydrogen-bond acceptors (Lipinski definition) is 4. The van der Waals surface area contributed by atoms with Crippen LogP contribution in [-0.2, 0) is 17.4 Å². The Labute approximate surface area is 222 Å². The third-order valence-corrected chi connectivity index (χ3v) is 5.34. The third-order valence-electron chi connectivity index (χ3n) is 5.09. The molecule has 2 rings (SSSR count). The van der Waals surface area contributed by atoms with Crippen LogP contribution in [0, 0.1) is 5.92 Å². The van der Waals surface area contributed by atoms with Crippen LogP contribution < -0.4 is 10.1 Å². The third kappa shape index (κ3) is 12.1. The normalized spacial score (nSPS) is 13.1. The van der Waals surface area contributed by atoms with E-state index in [0.717, 1.165) is 23.6 Å². The molecule has 0 radical (unpaired) electrons. The van der Waals surface area contributed by atoms with E-state index in [-0.39, 0.29) is 17.8 Å². The van der Waals surface area contributed by atoms with E-state index in [2.05, 4.69) is 47.9 Å². The van der Waals surface area contributed by atoms with Crippen LogP contribution in [0.15, 0.2) is 72.0 Å². The summed E-state index contributed by atoms with van der Waals surface area (Å²) in [4.78, 5) is 19.6. The first-order chi connectivity index (χ1) is 17.2. The van der Waals surface area contributed by atoms with Gasteiger partial charge in [-0.1, -0.05) is 48.9 Å². The number of halogens is 4. The van der Waals surface area contributed by atoms with Gasteiger partial charge < -0.3 is 10.1 Å². The van der Waals surface area contributed by atoms with Gasteiger partial charge in [0, 0.05) is 35.7 Å². The maximum Gasteiger partial charge on any atom is 0.417 e. The minimum atomic E-state index is -4.45. The molecular weight excluding hydrogens is 503 g/mol. The number of pyridine rings is 1. The lowest BCUT2D eigenvalue weighted by Crippen LogP contribution is -2.48. The largest absolute Gasteiger partial charge is 0.462 e. The lowest BCUT2D eigenvalue weighted by Gasteiger charge is -2.25. The molecule has 0 aliphatic heterocycles. The molecule has 0 aliphatic rings. The van der Waals surface area contributed by atoms with Gasteiger partial charge >= 0.3 is 6.18 Å². The number of hydrogen-bond donors (Lipinski definition) is 1. The summed E-state index contributed by atoms with van der Waals surface area (Å²) in [6.45, 7) is 14.5. The molecule has 1 atom stereocenters. The number of aliphatic imine (C=N–C) groups is 1. The van der Waals surface area contributed by atoms with Crippen molar-refractivity contribution in [1.82, 2.24) is 10.3 Å². The fourth-order valence-electron chi connectivity index (χ4n) is 2.84. The Morgan fingerprint density at radius 1 is 1.16 bits per heavy atom. The number of benzene rings is 1. The average Bonchev–Trinajstić information content (AvgIpc) is 2.80. The van der Waals surface area contributed by atoms with Crippen molar-refractivity contribution < 1.29 is 22.7 Å². The molecule has 1 amide bonds. The molecule has 1 aromatic heterocycles. The molecule has 1 N–H and O–H groups in total. The van der Waals surface area contributed by atoms with Gasteiger partial charge in [0.25, 0.3) is 5.91 Å². The molecule has 2 aromatic rings. The first kappa shape index (κ1) is 31.9. The second-order valence-electron chi connectivity index (χ2n) is 9.26.